The van der Waals surface area contributed by atoms with Crippen molar-refractivity contribution in [3.05, 3.63) is 52.3 Å². The molecule has 3 heterocycles. The summed E-state index contributed by atoms with van der Waals surface area (Å²) in [6.07, 6.45) is 3.00. The van der Waals surface area contributed by atoms with E-state index in [1.54, 1.807) is 4.68 Å². The molecule has 0 amide bonds. The standard InChI is InChI=1S/C20H18N4O2.Sn/c25-13-18-14-7-6-8-15-19(14)23-24(20(15)26)12-5-1-4-11-21-16-9-2-3-10-17(16)22-18;/h2-3,6-9,21,23H,1,4-5,11-12H2;. The molecule has 5 rings (SSSR count). The molecule has 3 aromatic rings. The zero-order valence-electron chi connectivity index (χ0n) is 14.7. The maximum absolute atomic E-state index is 12.9. The van der Waals surface area contributed by atoms with Gasteiger partial charge in [0.1, 0.15) is 0 Å². The van der Waals surface area contributed by atoms with E-state index in [-0.39, 0.29) is 9.36 Å². The molecule has 2 radical (unpaired) electrons. The molecule has 0 unspecified atom stereocenters. The second-order valence-electron chi connectivity index (χ2n) is 6.90. The van der Waals surface area contributed by atoms with Crippen molar-refractivity contribution in [2.45, 2.75) is 25.8 Å². The molecular formula is C20H18N4O2Sn. The van der Waals surface area contributed by atoms with Gasteiger partial charge in [-0.2, -0.15) is 0 Å². The first-order valence-corrected chi connectivity index (χ1v) is 12.1. The van der Waals surface area contributed by atoms with Gasteiger partial charge in [0, 0.05) is 0 Å². The second kappa shape index (κ2) is 6.67. The monoisotopic (exact) mass is 466 g/mol. The van der Waals surface area contributed by atoms with Gasteiger partial charge in [-0.25, -0.2) is 0 Å². The fourth-order valence-electron chi connectivity index (χ4n) is 3.77. The molecule has 2 N–H and O–H groups in total. The predicted molar refractivity (Wildman–Crippen MR) is 108 cm³/mol. The molecule has 27 heavy (non-hydrogen) atoms. The molecule has 0 fully saturated rings. The number of aromatic amines is 1. The third-order valence-corrected chi connectivity index (χ3v) is 8.38. The molecule has 134 valence electrons. The van der Waals surface area contributed by atoms with Gasteiger partial charge in [0.2, 0.25) is 0 Å². The summed E-state index contributed by atoms with van der Waals surface area (Å²) < 4.78 is 2.93. The summed E-state index contributed by atoms with van der Waals surface area (Å²) in [5.41, 5.74) is 3.86. The number of H-pyrrole nitrogens is 1. The number of para-hydroxylation sites is 2. The molecule has 4 bridgehead atoms. The van der Waals surface area contributed by atoms with Crippen LogP contribution in [0.15, 0.2) is 46.2 Å². The number of carbonyl (C=O) groups is 1. The third kappa shape index (κ3) is 2.82. The van der Waals surface area contributed by atoms with E-state index in [4.69, 9.17) is 4.99 Å². The van der Waals surface area contributed by atoms with Gasteiger partial charge >= 0.3 is 166 Å². The van der Waals surface area contributed by atoms with Crippen molar-refractivity contribution < 1.29 is 4.79 Å². The Labute approximate surface area is 165 Å². The maximum atomic E-state index is 12.9. The van der Waals surface area contributed by atoms with E-state index in [1.165, 1.54) is 0 Å². The van der Waals surface area contributed by atoms with Crippen LogP contribution >= 0.6 is 0 Å². The number of hydrogen-bond donors (Lipinski definition) is 2. The Balaban J connectivity index is 1.78. The average molecular weight is 465 g/mol. The minimum atomic E-state index is -1.45. The van der Waals surface area contributed by atoms with E-state index < -0.39 is 21.1 Å². The van der Waals surface area contributed by atoms with Crippen LogP contribution in [-0.4, -0.2) is 47.0 Å². The van der Waals surface area contributed by atoms with Crippen LogP contribution in [0.2, 0.25) is 0 Å². The predicted octanol–water partition coefficient (Wildman–Crippen LogP) is 1.92. The van der Waals surface area contributed by atoms with E-state index in [0.29, 0.717) is 17.6 Å². The zero-order valence-corrected chi connectivity index (χ0v) is 17.6. The molecule has 0 spiro atoms. The summed E-state index contributed by atoms with van der Waals surface area (Å²) in [6, 6.07) is 11.6. The first-order valence-electron chi connectivity index (χ1n) is 9.21. The normalized spacial score (nSPS) is 16.7. The zero-order chi connectivity index (χ0) is 18.4. The number of rotatable bonds is 0. The van der Waals surface area contributed by atoms with Crippen molar-refractivity contribution in [1.29, 1.82) is 0 Å². The van der Waals surface area contributed by atoms with Crippen molar-refractivity contribution in [3.63, 3.8) is 0 Å². The molecule has 2 aliphatic heterocycles. The molecule has 0 saturated carbocycles. The number of nitrogens with zero attached hydrogens (tertiary/aromatic N) is 2. The third-order valence-electron chi connectivity index (χ3n) is 5.14. The number of hydrogen-bond acceptors (Lipinski definition) is 4. The van der Waals surface area contributed by atoms with E-state index in [2.05, 4.69) is 10.4 Å². The van der Waals surface area contributed by atoms with Crippen molar-refractivity contribution in [1.82, 2.24) is 9.78 Å². The Kier molecular flexibility index (Phi) is 4.15. The fourth-order valence-corrected chi connectivity index (χ4v) is 6.74. The van der Waals surface area contributed by atoms with E-state index in [0.717, 1.165) is 51.8 Å². The molecular weight excluding hydrogens is 447 g/mol. The SMILES string of the molecule is O=[C]1[Sn][c]2cccc3c2N=C1c1cccc2c(=O)n([nH]c12)CCCCCN3. The first-order chi connectivity index (χ1) is 13.2. The summed E-state index contributed by atoms with van der Waals surface area (Å²) >= 11 is -1.45. The average Bonchev–Trinajstić information content (AvgIpc) is 3.00. The van der Waals surface area contributed by atoms with Crippen molar-refractivity contribution in [3.8, 4) is 0 Å². The van der Waals surface area contributed by atoms with E-state index in [1.807, 2.05) is 36.4 Å². The Morgan fingerprint density at radius 1 is 1.04 bits per heavy atom. The number of nitrogens with one attached hydrogen (secondary N) is 2. The molecule has 0 aliphatic carbocycles. The van der Waals surface area contributed by atoms with Gasteiger partial charge < -0.3 is 0 Å². The Hall–Kier alpha value is -2.35. The van der Waals surface area contributed by atoms with Crippen LogP contribution in [-0.2, 0) is 11.3 Å². The van der Waals surface area contributed by atoms with Gasteiger partial charge in [0.15, 0.2) is 0 Å². The van der Waals surface area contributed by atoms with Crippen LogP contribution in [0.1, 0.15) is 24.8 Å². The molecule has 0 atom stereocenters. The van der Waals surface area contributed by atoms with E-state index >= 15 is 0 Å². The summed E-state index contributed by atoms with van der Waals surface area (Å²) in [6.45, 7) is 1.52. The number of fused-ring (bicyclic) bond motifs is 2. The Bertz CT molecular complexity index is 1160. The summed E-state index contributed by atoms with van der Waals surface area (Å²) in [5.74, 6) is 0. The molecule has 2 aliphatic rings. The second-order valence-corrected chi connectivity index (χ2v) is 10.4. The molecule has 6 nitrogen and oxygen atoms in total. The number of carbonyl (C=O) groups excluding carboxylic acids is 1. The number of anilines is 1. The topological polar surface area (TPSA) is 79.2 Å². The van der Waals surface area contributed by atoms with Crippen molar-refractivity contribution >= 4 is 56.5 Å². The summed E-state index contributed by atoms with van der Waals surface area (Å²) in [5, 5.41) is 7.36. The van der Waals surface area contributed by atoms with Crippen LogP contribution < -0.4 is 14.5 Å². The van der Waals surface area contributed by atoms with Crippen LogP contribution in [0, 0.1) is 0 Å². The van der Waals surface area contributed by atoms with Crippen LogP contribution in [0.3, 0.4) is 0 Å². The van der Waals surface area contributed by atoms with Crippen LogP contribution in [0.25, 0.3) is 10.9 Å². The number of aromatic nitrogens is 2. The number of aryl methyl sites for hydroxylation is 1. The minimum absolute atomic E-state index is 0.0233. The van der Waals surface area contributed by atoms with Crippen molar-refractivity contribution in [2.75, 3.05) is 11.9 Å². The number of benzene rings is 2. The Morgan fingerprint density at radius 2 is 1.93 bits per heavy atom. The van der Waals surface area contributed by atoms with Gasteiger partial charge in [-0.05, 0) is 0 Å². The fraction of sp³-hybridized carbons (Fsp3) is 0.250. The van der Waals surface area contributed by atoms with Gasteiger partial charge in [0.05, 0.1) is 0 Å². The van der Waals surface area contributed by atoms with Crippen LogP contribution in [0.4, 0.5) is 11.4 Å². The summed E-state index contributed by atoms with van der Waals surface area (Å²) in [4.78, 5) is 30.4. The van der Waals surface area contributed by atoms with E-state index in [9.17, 15) is 9.59 Å². The van der Waals surface area contributed by atoms with Gasteiger partial charge in [-0.1, -0.05) is 0 Å². The summed E-state index contributed by atoms with van der Waals surface area (Å²) in [7, 11) is 0. The van der Waals surface area contributed by atoms with Gasteiger partial charge in [-0.3, -0.25) is 0 Å². The Morgan fingerprint density at radius 3 is 2.85 bits per heavy atom. The molecule has 1 aromatic heterocycles. The molecule has 0 saturated heterocycles. The van der Waals surface area contributed by atoms with Gasteiger partial charge in [0.25, 0.3) is 0 Å². The van der Waals surface area contributed by atoms with Crippen LogP contribution in [0.5, 0.6) is 0 Å². The first kappa shape index (κ1) is 16.8. The quantitative estimate of drug-likeness (QED) is 0.499. The molecule has 7 heteroatoms. The van der Waals surface area contributed by atoms with Gasteiger partial charge in [-0.15, -0.1) is 0 Å². The molecule has 2 aromatic carbocycles. The van der Waals surface area contributed by atoms with Crippen molar-refractivity contribution in [2.24, 2.45) is 4.99 Å². The number of aliphatic imine (C=N–C) groups is 1.